The van der Waals surface area contributed by atoms with Crippen LogP contribution < -0.4 is 0 Å². The molecule has 0 spiro atoms. The lowest BCUT2D eigenvalue weighted by atomic mass is 10.2. The molecule has 1 heterocycles. The van der Waals surface area contributed by atoms with Gasteiger partial charge in [-0.05, 0) is 26.3 Å². The van der Waals surface area contributed by atoms with Crippen LogP contribution in [0.4, 0.5) is 0 Å². The lowest BCUT2D eigenvalue weighted by Crippen LogP contribution is -2.38. The van der Waals surface area contributed by atoms with Crippen molar-refractivity contribution in [2.75, 3.05) is 13.2 Å². The minimum Gasteiger partial charge on any atom is -0.396 e. The molecule has 0 unspecified atom stereocenters. The van der Waals surface area contributed by atoms with Gasteiger partial charge in [0.1, 0.15) is 4.34 Å². The SMILES string of the molecule is CC(C)N(CCCO)C(=O)c1cc(Cl)sc1Cl. The molecule has 0 saturated carbocycles. The van der Waals surface area contributed by atoms with E-state index in [1.807, 2.05) is 13.8 Å². The summed E-state index contributed by atoms with van der Waals surface area (Å²) in [6.07, 6.45) is 0.555. The number of aliphatic hydroxyl groups excluding tert-OH is 1. The molecule has 0 aliphatic heterocycles. The van der Waals surface area contributed by atoms with Crippen molar-refractivity contribution in [2.24, 2.45) is 0 Å². The summed E-state index contributed by atoms with van der Waals surface area (Å²) < 4.78 is 0.916. The third-order valence-corrected chi connectivity index (χ3v) is 3.82. The highest BCUT2D eigenvalue weighted by atomic mass is 35.5. The summed E-state index contributed by atoms with van der Waals surface area (Å²) in [5.41, 5.74) is 0.438. The van der Waals surface area contributed by atoms with Crippen molar-refractivity contribution in [2.45, 2.75) is 26.3 Å². The molecule has 0 aliphatic rings. The van der Waals surface area contributed by atoms with E-state index in [-0.39, 0.29) is 18.6 Å². The van der Waals surface area contributed by atoms with Gasteiger partial charge < -0.3 is 10.0 Å². The first-order valence-electron chi connectivity index (χ1n) is 5.34. The second kappa shape index (κ2) is 6.59. The highest BCUT2D eigenvalue weighted by Crippen LogP contribution is 2.32. The van der Waals surface area contributed by atoms with Crippen LogP contribution in [-0.4, -0.2) is 35.1 Å². The van der Waals surface area contributed by atoms with Gasteiger partial charge in [-0.25, -0.2) is 0 Å². The number of rotatable bonds is 5. The molecule has 0 saturated heterocycles. The Morgan fingerprint density at radius 3 is 2.59 bits per heavy atom. The van der Waals surface area contributed by atoms with Gasteiger partial charge in [0.15, 0.2) is 0 Å². The van der Waals surface area contributed by atoms with Gasteiger partial charge in [-0.2, -0.15) is 0 Å². The van der Waals surface area contributed by atoms with Crippen molar-refractivity contribution < 1.29 is 9.90 Å². The molecular formula is C11H15Cl2NO2S. The van der Waals surface area contributed by atoms with E-state index >= 15 is 0 Å². The summed E-state index contributed by atoms with van der Waals surface area (Å²) in [5, 5.41) is 8.82. The van der Waals surface area contributed by atoms with Gasteiger partial charge in [0, 0.05) is 19.2 Å². The van der Waals surface area contributed by atoms with Gasteiger partial charge in [-0.15, -0.1) is 11.3 Å². The molecule has 1 rings (SSSR count). The van der Waals surface area contributed by atoms with Gasteiger partial charge in [-0.3, -0.25) is 4.79 Å². The maximum absolute atomic E-state index is 12.2. The molecule has 0 bridgehead atoms. The summed E-state index contributed by atoms with van der Waals surface area (Å²) in [6, 6.07) is 1.65. The number of nitrogens with zero attached hydrogens (tertiary/aromatic N) is 1. The van der Waals surface area contributed by atoms with Crippen molar-refractivity contribution >= 4 is 40.4 Å². The van der Waals surface area contributed by atoms with Crippen LogP contribution in [0.5, 0.6) is 0 Å². The van der Waals surface area contributed by atoms with E-state index in [2.05, 4.69) is 0 Å². The molecule has 6 heteroatoms. The minimum atomic E-state index is -0.137. The normalized spacial score (nSPS) is 10.9. The first-order valence-corrected chi connectivity index (χ1v) is 6.91. The van der Waals surface area contributed by atoms with E-state index in [0.29, 0.717) is 27.2 Å². The largest absolute Gasteiger partial charge is 0.396 e. The van der Waals surface area contributed by atoms with E-state index in [9.17, 15) is 4.79 Å². The predicted molar refractivity (Wildman–Crippen MR) is 72.2 cm³/mol. The van der Waals surface area contributed by atoms with Gasteiger partial charge in [0.05, 0.1) is 9.90 Å². The number of thiophene rings is 1. The monoisotopic (exact) mass is 295 g/mol. The van der Waals surface area contributed by atoms with Gasteiger partial charge in [0.2, 0.25) is 0 Å². The average molecular weight is 296 g/mol. The highest BCUT2D eigenvalue weighted by molar-refractivity contribution is 7.20. The molecule has 1 aromatic rings. The quantitative estimate of drug-likeness (QED) is 0.905. The fourth-order valence-electron chi connectivity index (χ4n) is 1.48. The lowest BCUT2D eigenvalue weighted by molar-refractivity contribution is 0.0694. The van der Waals surface area contributed by atoms with Gasteiger partial charge in [-0.1, -0.05) is 23.2 Å². The number of halogens is 2. The maximum Gasteiger partial charge on any atom is 0.256 e. The third kappa shape index (κ3) is 3.85. The number of carbonyl (C=O) groups is 1. The Kier molecular flexibility index (Phi) is 5.73. The van der Waals surface area contributed by atoms with Crippen LogP contribution in [0.3, 0.4) is 0 Å². The van der Waals surface area contributed by atoms with Crippen LogP contribution in [0.15, 0.2) is 6.07 Å². The van der Waals surface area contributed by atoms with Crippen LogP contribution >= 0.6 is 34.5 Å². The van der Waals surface area contributed by atoms with Crippen LogP contribution in [0.2, 0.25) is 8.67 Å². The third-order valence-electron chi connectivity index (χ3n) is 2.33. The zero-order valence-electron chi connectivity index (χ0n) is 9.74. The van der Waals surface area contributed by atoms with E-state index in [0.717, 1.165) is 0 Å². The summed E-state index contributed by atoms with van der Waals surface area (Å²) in [5.74, 6) is -0.137. The van der Waals surface area contributed by atoms with Crippen LogP contribution in [0, 0.1) is 0 Å². The molecule has 1 amide bonds. The molecular weight excluding hydrogens is 281 g/mol. The Balaban J connectivity index is 2.87. The number of amides is 1. The van der Waals surface area contributed by atoms with Crippen molar-refractivity contribution in [3.63, 3.8) is 0 Å². The average Bonchev–Trinajstić information content (AvgIpc) is 2.57. The van der Waals surface area contributed by atoms with Crippen LogP contribution in [-0.2, 0) is 0 Å². The fraction of sp³-hybridized carbons (Fsp3) is 0.545. The second-order valence-electron chi connectivity index (χ2n) is 3.91. The summed E-state index contributed by atoms with van der Waals surface area (Å²) in [7, 11) is 0. The summed E-state index contributed by atoms with van der Waals surface area (Å²) >= 11 is 13.0. The van der Waals surface area contributed by atoms with Crippen molar-refractivity contribution in [1.82, 2.24) is 4.90 Å². The molecule has 96 valence electrons. The van der Waals surface area contributed by atoms with Gasteiger partial charge >= 0.3 is 0 Å². The first kappa shape index (κ1) is 14.8. The molecule has 0 aliphatic carbocycles. The molecule has 0 aromatic carbocycles. The van der Waals surface area contributed by atoms with E-state index in [4.69, 9.17) is 28.3 Å². The number of hydrogen-bond acceptors (Lipinski definition) is 3. The lowest BCUT2D eigenvalue weighted by Gasteiger charge is -2.26. The Morgan fingerprint density at radius 1 is 1.53 bits per heavy atom. The van der Waals surface area contributed by atoms with Crippen molar-refractivity contribution in [3.05, 3.63) is 20.3 Å². The van der Waals surface area contributed by atoms with E-state index in [1.54, 1.807) is 11.0 Å². The number of carbonyl (C=O) groups excluding carboxylic acids is 1. The topological polar surface area (TPSA) is 40.5 Å². The Hall–Kier alpha value is -0.290. The molecule has 3 nitrogen and oxygen atoms in total. The zero-order valence-corrected chi connectivity index (χ0v) is 12.1. The molecule has 0 radical (unpaired) electrons. The summed E-state index contributed by atoms with van der Waals surface area (Å²) in [4.78, 5) is 13.9. The highest BCUT2D eigenvalue weighted by Gasteiger charge is 2.22. The Bertz CT molecular complexity index is 393. The standard InChI is InChI=1S/C11H15Cl2NO2S/c1-7(2)14(4-3-5-15)11(16)8-6-9(12)17-10(8)13/h6-7,15H,3-5H2,1-2H3. The Morgan fingerprint density at radius 2 is 2.18 bits per heavy atom. The first-order chi connectivity index (χ1) is 7.97. The number of hydrogen-bond donors (Lipinski definition) is 1. The van der Waals surface area contributed by atoms with Crippen LogP contribution in [0.25, 0.3) is 0 Å². The van der Waals surface area contributed by atoms with Crippen molar-refractivity contribution in [3.8, 4) is 0 Å². The van der Waals surface area contributed by atoms with E-state index in [1.165, 1.54) is 11.3 Å². The van der Waals surface area contributed by atoms with Crippen molar-refractivity contribution in [1.29, 1.82) is 0 Å². The maximum atomic E-state index is 12.2. The Labute approximate surface area is 115 Å². The molecule has 1 N–H and O–H groups in total. The predicted octanol–water partition coefficient (Wildman–Crippen LogP) is 3.29. The fourth-order valence-corrected chi connectivity index (χ4v) is 2.92. The minimum absolute atomic E-state index is 0.0591. The second-order valence-corrected chi connectivity index (χ2v) is 6.19. The van der Waals surface area contributed by atoms with Gasteiger partial charge in [0.25, 0.3) is 5.91 Å². The molecule has 1 aromatic heterocycles. The van der Waals surface area contributed by atoms with E-state index < -0.39 is 0 Å². The molecule has 0 atom stereocenters. The smallest absolute Gasteiger partial charge is 0.256 e. The number of aliphatic hydroxyl groups is 1. The molecule has 0 fully saturated rings. The zero-order chi connectivity index (χ0) is 13.0. The summed E-state index contributed by atoms with van der Waals surface area (Å²) in [6.45, 7) is 4.43. The molecule has 17 heavy (non-hydrogen) atoms. The van der Waals surface area contributed by atoms with Crippen LogP contribution in [0.1, 0.15) is 30.6 Å².